The Labute approximate surface area is 126 Å². The standard InChI is InChI=1S/C12H14N4O3S2/c13-12(17)8-4-11(20-7-8)6-15-9-2-1-3-10(5-9)16-21(14,18)19/h1-5,7,15-16H,6H2,(H2,13,17)(H2,14,18,19). The van der Waals surface area contributed by atoms with Gasteiger partial charge in [0, 0.05) is 22.5 Å². The fraction of sp³-hybridized carbons (Fsp3) is 0.0833. The van der Waals surface area contributed by atoms with Crippen LogP contribution in [0.5, 0.6) is 0 Å². The molecule has 0 aliphatic heterocycles. The van der Waals surface area contributed by atoms with Gasteiger partial charge >= 0.3 is 0 Å². The number of benzene rings is 1. The molecule has 7 nitrogen and oxygen atoms in total. The number of carbonyl (C=O) groups is 1. The molecule has 0 fully saturated rings. The van der Waals surface area contributed by atoms with Crippen LogP contribution in [-0.4, -0.2) is 14.3 Å². The minimum atomic E-state index is -3.79. The van der Waals surface area contributed by atoms with Crippen LogP contribution in [0.25, 0.3) is 0 Å². The summed E-state index contributed by atoms with van der Waals surface area (Å²) < 4.78 is 24.1. The van der Waals surface area contributed by atoms with E-state index >= 15 is 0 Å². The quantitative estimate of drug-likeness (QED) is 0.633. The van der Waals surface area contributed by atoms with E-state index in [1.54, 1.807) is 35.7 Å². The number of hydrogen-bond donors (Lipinski definition) is 4. The zero-order valence-electron chi connectivity index (χ0n) is 10.9. The molecule has 21 heavy (non-hydrogen) atoms. The largest absolute Gasteiger partial charge is 0.380 e. The highest BCUT2D eigenvalue weighted by atomic mass is 32.2. The van der Waals surface area contributed by atoms with Crippen LogP contribution in [0.3, 0.4) is 0 Å². The minimum absolute atomic E-state index is 0.367. The molecule has 0 radical (unpaired) electrons. The molecule has 0 bridgehead atoms. The first-order valence-corrected chi connectivity index (χ1v) is 8.28. The second-order valence-electron chi connectivity index (χ2n) is 4.25. The fourth-order valence-electron chi connectivity index (χ4n) is 1.65. The lowest BCUT2D eigenvalue weighted by molar-refractivity contribution is 0.100. The lowest BCUT2D eigenvalue weighted by Gasteiger charge is -2.08. The van der Waals surface area contributed by atoms with E-state index in [4.69, 9.17) is 10.9 Å². The van der Waals surface area contributed by atoms with Crippen LogP contribution in [0.2, 0.25) is 0 Å². The Morgan fingerprint density at radius 3 is 2.57 bits per heavy atom. The number of nitrogens with one attached hydrogen (secondary N) is 2. The zero-order valence-corrected chi connectivity index (χ0v) is 12.5. The summed E-state index contributed by atoms with van der Waals surface area (Å²) in [7, 11) is -3.79. The summed E-state index contributed by atoms with van der Waals surface area (Å²) in [5, 5.41) is 9.73. The molecule has 0 aliphatic rings. The summed E-state index contributed by atoms with van der Waals surface area (Å²) in [4.78, 5) is 11.9. The fourth-order valence-corrected chi connectivity index (χ4v) is 2.92. The third kappa shape index (κ3) is 4.74. The average Bonchev–Trinajstić information content (AvgIpc) is 2.83. The lowest BCUT2D eigenvalue weighted by Crippen LogP contribution is -2.21. The first-order chi connectivity index (χ1) is 9.83. The van der Waals surface area contributed by atoms with Crippen LogP contribution in [0, 0.1) is 0 Å². The number of amides is 1. The van der Waals surface area contributed by atoms with E-state index in [0.717, 1.165) is 10.6 Å². The Bertz CT molecular complexity index is 755. The number of thiophene rings is 1. The monoisotopic (exact) mass is 326 g/mol. The molecule has 112 valence electrons. The van der Waals surface area contributed by atoms with Crippen molar-refractivity contribution < 1.29 is 13.2 Å². The molecule has 0 saturated heterocycles. The predicted octanol–water partition coefficient (Wildman–Crippen LogP) is 1.07. The van der Waals surface area contributed by atoms with Gasteiger partial charge in [-0.2, -0.15) is 8.42 Å². The van der Waals surface area contributed by atoms with Crippen LogP contribution >= 0.6 is 11.3 Å². The molecule has 0 aliphatic carbocycles. The van der Waals surface area contributed by atoms with Gasteiger partial charge in [-0.3, -0.25) is 9.52 Å². The number of carbonyl (C=O) groups excluding carboxylic acids is 1. The Hall–Kier alpha value is -2.10. The molecule has 9 heteroatoms. The van der Waals surface area contributed by atoms with Crippen LogP contribution in [0.4, 0.5) is 11.4 Å². The summed E-state index contributed by atoms with van der Waals surface area (Å²) in [6, 6.07) is 8.40. The SMILES string of the molecule is NC(=O)c1csc(CNc2cccc(NS(N)(=O)=O)c2)c1. The second kappa shape index (κ2) is 6.12. The summed E-state index contributed by atoms with van der Waals surface area (Å²) in [6.45, 7) is 0.497. The third-order valence-electron chi connectivity index (χ3n) is 2.53. The Kier molecular flexibility index (Phi) is 4.46. The normalized spacial score (nSPS) is 11.1. The van der Waals surface area contributed by atoms with Gasteiger partial charge in [0.2, 0.25) is 5.91 Å². The smallest absolute Gasteiger partial charge is 0.296 e. The molecule has 1 heterocycles. The van der Waals surface area contributed by atoms with Gasteiger partial charge < -0.3 is 11.1 Å². The molecular weight excluding hydrogens is 312 g/mol. The van der Waals surface area contributed by atoms with E-state index in [1.807, 2.05) is 0 Å². The van der Waals surface area contributed by atoms with Crippen molar-refractivity contribution in [2.24, 2.45) is 10.9 Å². The molecule has 2 aromatic rings. The highest BCUT2D eigenvalue weighted by Crippen LogP contribution is 2.19. The minimum Gasteiger partial charge on any atom is -0.380 e. The maximum atomic E-state index is 11.0. The van der Waals surface area contributed by atoms with Crippen LogP contribution in [-0.2, 0) is 16.8 Å². The van der Waals surface area contributed by atoms with Crippen molar-refractivity contribution in [2.75, 3.05) is 10.0 Å². The predicted molar refractivity (Wildman–Crippen MR) is 83.3 cm³/mol. The third-order valence-corrected chi connectivity index (χ3v) is 3.98. The van der Waals surface area contributed by atoms with Crippen molar-refractivity contribution in [1.29, 1.82) is 0 Å². The van der Waals surface area contributed by atoms with E-state index in [9.17, 15) is 13.2 Å². The van der Waals surface area contributed by atoms with Crippen molar-refractivity contribution in [3.05, 3.63) is 46.2 Å². The molecule has 0 saturated carbocycles. The highest BCUT2D eigenvalue weighted by Gasteiger charge is 2.05. The summed E-state index contributed by atoms with van der Waals surface area (Å²) in [5.74, 6) is -0.461. The molecule has 6 N–H and O–H groups in total. The Morgan fingerprint density at radius 2 is 1.95 bits per heavy atom. The number of primary amides is 1. The summed E-state index contributed by atoms with van der Waals surface area (Å²) in [6.07, 6.45) is 0. The number of nitrogens with two attached hydrogens (primary N) is 2. The van der Waals surface area contributed by atoms with E-state index in [0.29, 0.717) is 17.8 Å². The topological polar surface area (TPSA) is 127 Å². The molecule has 0 atom stereocenters. The van der Waals surface area contributed by atoms with Crippen molar-refractivity contribution >= 4 is 38.8 Å². The maximum absolute atomic E-state index is 11.0. The van der Waals surface area contributed by atoms with Gasteiger partial charge in [0.1, 0.15) is 0 Å². The molecular formula is C12H14N4O3S2. The zero-order chi connectivity index (χ0) is 15.5. The molecule has 0 spiro atoms. The first kappa shape index (κ1) is 15.3. The van der Waals surface area contributed by atoms with Gasteiger partial charge in [-0.15, -0.1) is 11.3 Å². The molecule has 1 aromatic heterocycles. The van der Waals surface area contributed by atoms with Gasteiger partial charge in [0.05, 0.1) is 11.3 Å². The number of hydrogen-bond acceptors (Lipinski definition) is 5. The molecule has 0 unspecified atom stereocenters. The van der Waals surface area contributed by atoms with Crippen molar-refractivity contribution in [3.63, 3.8) is 0 Å². The van der Waals surface area contributed by atoms with E-state index < -0.39 is 16.1 Å². The average molecular weight is 326 g/mol. The first-order valence-electron chi connectivity index (χ1n) is 5.85. The van der Waals surface area contributed by atoms with Crippen molar-refractivity contribution in [2.45, 2.75) is 6.54 Å². The Balaban J connectivity index is 2.02. The van der Waals surface area contributed by atoms with E-state index in [1.165, 1.54) is 11.3 Å². The van der Waals surface area contributed by atoms with Gasteiger partial charge in [-0.05, 0) is 24.3 Å². The Morgan fingerprint density at radius 1 is 1.24 bits per heavy atom. The van der Waals surface area contributed by atoms with Gasteiger partial charge in [0.15, 0.2) is 0 Å². The number of rotatable bonds is 6. The van der Waals surface area contributed by atoms with E-state index in [2.05, 4.69) is 10.0 Å². The molecule has 1 amide bonds. The summed E-state index contributed by atoms with van der Waals surface area (Å²) >= 11 is 1.42. The van der Waals surface area contributed by atoms with Crippen LogP contribution in [0.15, 0.2) is 35.7 Å². The van der Waals surface area contributed by atoms with Crippen molar-refractivity contribution in [3.8, 4) is 0 Å². The summed E-state index contributed by atoms with van der Waals surface area (Å²) in [5.41, 5.74) is 6.74. The lowest BCUT2D eigenvalue weighted by atomic mass is 10.2. The van der Waals surface area contributed by atoms with E-state index in [-0.39, 0.29) is 0 Å². The van der Waals surface area contributed by atoms with Crippen LogP contribution < -0.4 is 20.9 Å². The maximum Gasteiger partial charge on any atom is 0.296 e. The van der Waals surface area contributed by atoms with Gasteiger partial charge in [0.25, 0.3) is 10.2 Å². The molecule has 2 rings (SSSR count). The number of anilines is 2. The van der Waals surface area contributed by atoms with Gasteiger partial charge in [-0.1, -0.05) is 6.07 Å². The van der Waals surface area contributed by atoms with Crippen LogP contribution in [0.1, 0.15) is 15.2 Å². The van der Waals surface area contributed by atoms with Crippen molar-refractivity contribution in [1.82, 2.24) is 0 Å². The molecule has 1 aromatic carbocycles. The highest BCUT2D eigenvalue weighted by molar-refractivity contribution is 7.90. The second-order valence-corrected chi connectivity index (χ2v) is 6.54. The van der Waals surface area contributed by atoms with Gasteiger partial charge in [-0.25, -0.2) is 5.14 Å².